The summed E-state index contributed by atoms with van der Waals surface area (Å²) >= 11 is 0. The number of ketones is 1. The highest BCUT2D eigenvalue weighted by molar-refractivity contribution is 6.36. The van der Waals surface area contributed by atoms with Gasteiger partial charge in [0.05, 0.1) is 35.7 Å². The first-order valence-electron chi connectivity index (χ1n) is 11.2. The van der Waals surface area contributed by atoms with E-state index in [0.29, 0.717) is 34.7 Å². The summed E-state index contributed by atoms with van der Waals surface area (Å²) in [4.78, 5) is 28.0. The zero-order valence-corrected chi connectivity index (χ0v) is 19.4. The predicted octanol–water partition coefficient (Wildman–Crippen LogP) is 5.47. The molecule has 0 aliphatic carbocycles. The third kappa shape index (κ3) is 4.27. The lowest BCUT2D eigenvalue weighted by Crippen LogP contribution is -2.36. The van der Waals surface area contributed by atoms with Gasteiger partial charge in [-0.1, -0.05) is 38.1 Å². The third-order valence-corrected chi connectivity index (χ3v) is 5.95. The Balaban J connectivity index is 2.03. The minimum atomic E-state index is -1.06. The van der Waals surface area contributed by atoms with Gasteiger partial charge in [0.2, 0.25) is 0 Å². The maximum absolute atomic E-state index is 14.0. The van der Waals surface area contributed by atoms with E-state index in [1.807, 2.05) is 30.9 Å². The molecule has 1 atom stereocenters. The largest absolute Gasteiger partial charge is 0.508 e. The topological polar surface area (TPSA) is 87.1 Å². The van der Waals surface area contributed by atoms with Crippen molar-refractivity contribution in [2.45, 2.75) is 26.3 Å². The lowest BCUT2D eigenvalue weighted by atomic mass is 9.96. The highest BCUT2D eigenvalue weighted by Crippen LogP contribution is 2.45. The summed E-state index contributed by atoms with van der Waals surface area (Å²) in [7, 11) is 1.58. The molecule has 3 aromatic rings. The van der Waals surface area contributed by atoms with Crippen molar-refractivity contribution in [3.8, 4) is 11.5 Å². The molecule has 6 nitrogen and oxygen atoms in total. The van der Waals surface area contributed by atoms with Crippen molar-refractivity contribution in [1.29, 1.82) is 0 Å². The van der Waals surface area contributed by atoms with E-state index < -0.39 is 12.0 Å². The standard InChI is InChI=1S/C28H27NO5/c1-17(2)16-24-27(31)25(18-10-14-21(34-3)15-11-18)26(19-8-12-20(30)13-9-19)29(24)23-7-5-4-6-22(23)28(32)33/h4-15,17,24,30H,16H2,1-3H3,(H,32,33)/i26+1,29+1. The maximum Gasteiger partial charge on any atom is 0.337 e. The summed E-state index contributed by atoms with van der Waals surface area (Å²) in [6.45, 7) is 4.08. The number of methoxy groups -OCH3 is 1. The molecular weight excluding hydrogens is 432 g/mol. The monoisotopic (exact) mass is 459 g/mol. The van der Waals surface area contributed by atoms with E-state index in [4.69, 9.17) is 4.74 Å². The van der Waals surface area contributed by atoms with Gasteiger partial charge in [0, 0.05) is 0 Å². The van der Waals surface area contributed by atoms with E-state index in [2.05, 4.69) is 0 Å². The molecule has 0 aromatic heterocycles. The van der Waals surface area contributed by atoms with Crippen molar-refractivity contribution < 1.29 is 24.5 Å². The molecule has 0 fully saturated rings. The zero-order valence-electron chi connectivity index (χ0n) is 19.4. The highest BCUT2D eigenvalue weighted by atomic mass is 16.5. The van der Waals surface area contributed by atoms with Crippen LogP contribution in [0.3, 0.4) is 0 Å². The summed E-state index contributed by atoms with van der Waals surface area (Å²) in [5.41, 5.74) is 3.15. The Kier molecular flexibility index (Phi) is 6.41. The van der Waals surface area contributed by atoms with Crippen LogP contribution >= 0.6 is 0 Å². The Hall–Kier alpha value is -4.06. The Morgan fingerprint density at radius 1 is 0.971 bits per heavy atom. The van der Waals surface area contributed by atoms with Crippen LogP contribution in [0.2, 0.25) is 0 Å². The third-order valence-electron chi connectivity index (χ3n) is 5.95. The van der Waals surface area contributed by atoms with Crippen LogP contribution in [0.15, 0.2) is 72.8 Å². The Morgan fingerprint density at radius 2 is 1.59 bits per heavy atom. The molecule has 0 radical (unpaired) electrons. The molecule has 174 valence electrons. The van der Waals surface area contributed by atoms with E-state index in [-0.39, 0.29) is 23.0 Å². The Labute approximate surface area is 198 Å². The number of rotatable bonds is 7. The minimum Gasteiger partial charge on any atom is -0.508 e. The highest BCUT2D eigenvalue weighted by Gasteiger charge is 2.42. The van der Waals surface area contributed by atoms with Crippen molar-refractivity contribution in [1.82, 2.24) is 0 Å². The predicted molar refractivity (Wildman–Crippen MR) is 132 cm³/mol. The van der Waals surface area contributed by atoms with Crippen molar-refractivity contribution in [2.75, 3.05) is 12.0 Å². The smallest absolute Gasteiger partial charge is 0.337 e. The molecule has 4 rings (SSSR count). The van der Waals surface area contributed by atoms with Crippen LogP contribution < -0.4 is 9.64 Å². The fourth-order valence-corrected chi connectivity index (χ4v) is 4.43. The number of hydrogen-bond donors (Lipinski definition) is 2. The summed E-state index contributed by atoms with van der Waals surface area (Å²) in [6.07, 6.45) is 0.550. The average Bonchev–Trinajstić information content (AvgIpc) is 3.10. The lowest BCUT2D eigenvalue weighted by Gasteiger charge is -2.31. The average molecular weight is 460 g/mol. The number of aromatic hydroxyl groups is 1. The summed E-state index contributed by atoms with van der Waals surface area (Å²) < 4.78 is 5.29. The number of phenols is 1. The van der Waals surface area contributed by atoms with Crippen molar-refractivity contribution in [3.63, 3.8) is 0 Å². The molecule has 0 bridgehead atoms. The first kappa shape index (κ1) is 23.1. The number of ether oxygens (including phenoxy) is 1. The van der Waals surface area contributed by atoms with Crippen molar-refractivity contribution in [2.24, 2.45) is 5.92 Å². The SMILES string of the molecule is COc1ccc(C2=[13C](c3ccc(O)cc3)[15N](c3ccccc3C(=O)O)C(CC(C)C)C2=O)cc1. The number of phenolic OH excluding ortho intramolecular Hbond substituents is 1. The lowest BCUT2D eigenvalue weighted by molar-refractivity contribution is -0.114. The van der Waals surface area contributed by atoms with E-state index in [0.717, 1.165) is 5.56 Å². The quantitative estimate of drug-likeness (QED) is 0.360. The van der Waals surface area contributed by atoms with Gasteiger partial charge in [-0.2, -0.15) is 0 Å². The van der Waals surface area contributed by atoms with E-state index in [9.17, 15) is 19.8 Å². The molecular formula is C28H27NO5. The molecule has 34 heavy (non-hydrogen) atoms. The van der Waals surface area contributed by atoms with Gasteiger partial charge >= 0.3 is 5.97 Å². The van der Waals surface area contributed by atoms with Gasteiger partial charge in [0.1, 0.15) is 11.5 Å². The van der Waals surface area contributed by atoms with Gasteiger partial charge in [0.15, 0.2) is 5.78 Å². The summed E-state index contributed by atoms with van der Waals surface area (Å²) in [5.74, 6) is -0.148. The number of carboxylic acids is 1. The molecule has 0 saturated carbocycles. The van der Waals surface area contributed by atoms with Crippen LogP contribution in [0.1, 0.15) is 41.8 Å². The van der Waals surface area contributed by atoms with E-state index in [1.165, 1.54) is 0 Å². The van der Waals surface area contributed by atoms with Crippen LogP contribution in [-0.2, 0) is 4.79 Å². The fourth-order valence-electron chi connectivity index (χ4n) is 4.43. The second-order valence-electron chi connectivity index (χ2n) is 8.70. The first-order valence-corrected chi connectivity index (χ1v) is 11.2. The molecule has 3 aromatic carbocycles. The van der Waals surface area contributed by atoms with E-state index >= 15 is 0 Å². The van der Waals surface area contributed by atoms with Crippen molar-refractivity contribution in [3.05, 3.63) is 89.5 Å². The van der Waals surface area contributed by atoms with Crippen molar-refractivity contribution >= 4 is 28.7 Å². The zero-order chi connectivity index (χ0) is 24.4. The Morgan fingerprint density at radius 3 is 2.18 bits per heavy atom. The number of Topliss-reactive ketones (excluding diaryl/α,β-unsaturated/α-hetero) is 1. The van der Waals surface area contributed by atoms with E-state index in [1.54, 1.807) is 67.8 Å². The maximum atomic E-state index is 14.0. The van der Waals surface area contributed by atoms with Gasteiger partial charge in [-0.05, 0) is 72.0 Å². The normalized spacial score (nSPS) is 15.8. The molecule has 6 heteroatoms. The fraction of sp³-hybridized carbons (Fsp3) is 0.214. The molecule has 0 saturated heterocycles. The molecule has 2 N–H and O–H groups in total. The van der Waals surface area contributed by atoms with Crippen LogP contribution in [0.25, 0.3) is 11.3 Å². The number of hydrogen-bond acceptors (Lipinski definition) is 5. The van der Waals surface area contributed by atoms with Gasteiger partial charge in [-0.3, -0.25) is 4.79 Å². The van der Waals surface area contributed by atoms with Gasteiger partial charge in [-0.25, -0.2) is 4.79 Å². The number of carbonyl (C=O) groups is 2. The molecule has 1 unspecified atom stereocenters. The number of aromatic carboxylic acids is 1. The summed E-state index contributed by atoms with van der Waals surface area (Å²) in [6, 6.07) is 20.1. The number of nitrogens with zero attached hydrogens (tertiary/aromatic N) is 1. The van der Waals surface area contributed by atoms with Crippen LogP contribution in [-0.4, -0.2) is 35.1 Å². The van der Waals surface area contributed by atoms with Gasteiger partial charge < -0.3 is 19.8 Å². The number of para-hydroxylation sites is 1. The van der Waals surface area contributed by atoms with Crippen LogP contribution in [0.4, 0.5) is 5.69 Å². The van der Waals surface area contributed by atoms with Crippen LogP contribution in [0, 0.1) is 5.92 Å². The second kappa shape index (κ2) is 9.43. The second-order valence-corrected chi connectivity index (χ2v) is 8.70. The first-order chi connectivity index (χ1) is 16.3. The number of carboxylic acid groups (broad SMARTS) is 1. The molecule has 1 aliphatic heterocycles. The molecule has 0 amide bonds. The number of carbonyl (C=O) groups excluding carboxylic acids is 1. The molecule has 1 heterocycles. The summed E-state index contributed by atoms with van der Waals surface area (Å²) in [5, 5.41) is 19.8. The molecule has 1 aliphatic rings. The van der Waals surface area contributed by atoms with Gasteiger partial charge in [-0.15, -0.1) is 0 Å². The van der Waals surface area contributed by atoms with Crippen LogP contribution in [0.5, 0.6) is 11.5 Å². The molecule has 0 spiro atoms. The number of benzene rings is 3. The minimum absolute atomic E-state index is 0.0675. The van der Waals surface area contributed by atoms with Gasteiger partial charge in [0.25, 0.3) is 0 Å². The number of anilines is 1. The Bertz CT molecular complexity index is 1240.